The van der Waals surface area contributed by atoms with Gasteiger partial charge in [-0.25, -0.2) is 0 Å². The molecule has 3 aromatic rings. The number of carbonyl (C=O) groups excluding carboxylic acids is 1. The Bertz CT molecular complexity index is 1080. The van der Waals surface area contributed by atoms with Crippen molar-refractivity contribution in [3.63, 3.8) is 0 Å². The van der Waals surface area contributed by atoms with E-state index in [0.29, 0.717) is 12.1 Å². The van der Waals surface area contributed by atoms with Crippen LogP contribution in [0.5, 0.6) is 5.75 Å². The van der Waals surface area contributed by atoms with Gasteiger partial charge in [0.2, 0.25) is 0 Å². The second kappa shape index (κ2) is 10.9. The summed E-state index contributed by atoms with van der Waals surface area (Å²) in [6, 6.07) is 13.4. The first kappa shape index (κ1) is 23.4. The second-order valence-electron chi connectivity index (χ2n) is 9.29. The molecule has 1 aromatic heterocycles. The average molecular weight is 448 g/mol. The van der Waals surface area contributed by atoms with Crippen LogP contribution in [0.3, 0.4) is 0 Å². The molecule has 2 aromatic carbocycles. The average Bonchev–Trinajstić information content (AvgIpc) is 3.11. The zero-order valence-electron chi connectivity index (χ0n) is 20.1. The Morgan fingerprint density at radius 1 is 1.00 bits per heavy atom. The van der Waals surface area contributed by atoms with Gasteiger partial charge in [-0.15, -0.1) is 0 Å². The molecule has 1 saturated heterocycles. The summed E-state index contributed by atoms with van der Waals surface area (Å²) in [5, 5.41) is 14.9. The number of hydrogen-bond acceptors (Lipinski definition) is 3. The summed E-state index contributed by atoms with van der Waals surface area (Å²) in [6.07, 6.45) is 8.33. The third-order valence-corrected chi connectivity index (χ3v) is 6.90. The van der Waals surface area contributed by atoms with Gasteiger partial charge in [-0.3, -0.25) is 9.69 Å². The van der Waals surface area contributed by atoms with Crippen molar-refractivity contribution in [1.82, 2.24) is 9.47 Å². The number of aromatic hydroxyl groups is 1. The lowest BCUT2D eigenvalue weighted by Crippen LogP contribution is -2.29. The van der Waals surface area contributed by atoms with Crippen molar-refractivity contribution >= 4 is 22.5 Å². The van der Waals surface area contributed by atoms with E-state index in [1.165, 1.54) is 38.5 Å². The molecule has 5 heteroatoms. The van der Waals surface area contributed by atoms with Gasteiger partial charge in [0.05, 0.1) is 5.56 Å². The van der Waals surface area contributed by atoms with Crippen LogP contribution in [0.25, 0.3) is 10.9 Å². The Balaban J connectivity index is 1.77. The van der Waals surface area contributed by atoms with Gasteiger partial charge in [0, 0.05) is 40.9 Å². The molecule has 33 heavy (non-hydrogen) atoms. The molecule has 1 aliphatic rings. The monoisotopic (exact) mass is 447 g/mol. The summed E-state index contributed by atoms with van der Waals surface area (Å²) in [4.78, 5) is 16.0. The number of para-hydroxylation sites is 1. The standard InChI is InChI=1S/C28H37N3O2/c1-3-4-5-12-19-31-21(2)26(28(33)29-22-13-8-6-9-14-22)27-23(25(32)16-15-24(27)31)20-30-17-10-7-11-18-30/h6,8-9,13-16,32H,3-5,7,10-12,17-20H2,1-2H3,(H,29,33). The van der Waals surface area contributed by atoms with Crippen molar-refractivity contribution in [3.8, 4) is 5.75 Å². The van der Waals surface area contributed by atoms with E-state index < -0.39 is 0 Å². The third kappa shape index (κ3) is 5.25. The second-order valence-corrected chi connectivity index (χ2v) is 9.29. The Morgan fingerprint density at radius 3 is 2.48 bits per heavy atom. The highest BCUT2D eigenvalue weighted by atomic mass is 16.3. The fraction of sp³-hybridized carbons (Fsp3) is 0.464. The van der Waals surface area contributed by atoms with Crippen LogP contribution in [-0.2, 0) is 13.1 Å². The summed E-state index contributed by atoms with van der Waals surface area (Å²) in [6.45, 7) is 7.90. The van der Waals surface area contributed by atoms with Gasteiger partial charge in [-0.05, 0) is 63.5 Å². The number of aromatic nitrogens is 1. The minimum absolute atomic E-state index is 0.110. The summed E-state index contributed by atoms with van der Waals surface area (Å²) in [5.74, 6) is 0.173. The maximum Gasteiger partial charge on any atom is 0.258 e. The number of piperidine rings is 1. The SMILES string of the molecule is CCCCCCn1c(C)c(C(=O)Nc2ccccc2)c2c(CN3CCCCC3)c(O)ccc21. The number of rotatable bonds is 9. The van der Waals surface area contributed by atoms with Gasteiger partial charge in [0.25, 0.3) is 5.91 Å². The number of fused-ring (bicyclic) bond motifs is 1. The number of nitrogens with one attached hydrogen (secondary N) is 1. The largest absolute Gasteiger partial charge is 0.508 e. The number of phenolic OH excluding ortho intramolecular Hbond substituents is 1. The summed E-state index contributed by atoms with van der Waals surface area (Å²) >= 11 is 0. The fourth-order valence-corrected chi connectivity index (χ4v) is 5.10. The summed E-state index contributed by atoms with van der Waals surface area (Å²) < 4.78 is 2.28. The number of carbonyl (C=O) groups is 1. The minimum Gasteiger partial charge on any atom is -0.508 e. The smallest absolute Gasteiger partial charge is 0.258 e. The van der Waals surface area contributed by atoms with Gasteiger partial charge in [-0.2, -0.15) is 0 Å². The molecular formula is C28H37N3O2. The molecule has 5 nitrogen and oxygen atoms in total. The third-order valence-electron chi connectivity index (χ3n) is 6.90. The molecule has 0 aliphatic carbocycles. The maximum absolute atomic E-state index is 13.6. The number of hydrogen-bond donors (Lipinski definition) is 2. The first-order chi connectivity index (χ1) is 16.1. The normalized spacial score (nSPS) is 14.6. The molecule has 0 radical (unpaired) electrons. The van der Waals surface area contributed by atoms with Gasteiger partial charge in [-0.1, -0.05) is 50.8 Å². The first-order valence-corrected chi connectivity index (χ1v) is 12.5. The van der Waals surface area contributed by atoms with Crippen molar-refractivity contribution in [2.24, 2.45) is 0 Å². The van der Waals surface area contributed by atoms with Crippen molar-refractivity contribution in [2.75, 3.05) is 18.4 Å². The number of aryl methyl sites for hydroxylation is 1. The first-order valence-electron chi connectivity index (χ1n) is 12.5. The Hall–Kier alpha value is -2.79. The zero-order chi connectivity index (χ0) is 23.2. The molecular weight excluding hydrogens is 410 g/mol. The Kier molecular flexibility index (Phi) is 7.71. The number of benzene rings is 2. The molecule has 2 heterocycles. The Morgan fingerprint density at radius 2 is 1.76 bits per heavy atom. The maximum atomic E-state index is 13.6. The molecule has 176 valence electrons. The predicted octanol–water partition coefficient (Wildman–Crippen LogP) is 6.47. The quantitative estimate of drug-likeness (QED) is 0.369. The van der Waals surface area contributed by atoms with E-state index in [0.717, 1.165) is 53.9 Å². The van der Waals surface area contributed by atoms with Crippen LogP contribution in [-0.4, -0.2) is 33.6 Å². The summed E-state index contributed by atoms with van der Waals surface area (Å²) in [5.41, 5.74) is 4.37. The lowest BCUT2D eigenvalue weighted by Gasteiger charge is -2.27. The van der Waals surface area contributed by atoms with Gasteiger partial charge >= 0.3 is 0 Å². The van der Waals surface area contributed by atoms with Crippen LogP contribution >= 0.6 is 0 Å². The number of phenols is 1. The lowest BCUT2D eigenvalue weighted by molar-refractivity contribution is 0.102. The fourth-order valence-electron chi connectivity index (χ4n) is 5.10. The van der Waals surface area contributed by atoms with E-state index in [9.17, 15) is 9.90 Å². The molecule has 0 atom stereocenters. The van der Waals surface area contributed by atoms with Gasteiger partial charge in [0.15, 0.2) is 0 Å². The van der Waals surface area contributed by atoms with E-state index >= 15 is 0 Å². The lowest BCUT2D eigenvalue weighted by atomic mass is 10.0. The van der Waals surface area contributed by atoms with Crippen LogP contribution in [0, 0.1) is 6.92 Å². The number of unbranched alkanes of at least 4 members (excludes halogenated alkanes) is 3. The van der Waals surface area contributed by atoms with Gasteiger partial charge < -0.3 is 15.0 Å². The number of amides is 1. The van der Waals surface area contributed by atoms with Gasteiger partial charge in [0.1, 0.15) is 5.75 Å². The van der Waals surface area contributed by atoms with Crippen LogP contribution < -0.4 is 5.32 Å². The van der Waals surface area contributed by atoms with E-state index in [1.54, 1.807) is 0 Å². The topological polar surface area (TPSA) is 57.5 Å². The van der Waals surface area contributed by atoms with Crippen molar-refractivity contribution < 1.29 is 9.90 Å². The molecule has 0 unspecified atom stereocenters. The van der Waals surface area contributed by atoms with E-state index in [2.05, 4.69) is 21.7 Å². The molecule has 2 N–H and O–H groups in total. The molecule has 0 bridgehead atoms. The molecule has 0 spiro atoms. The van der Waals surface area contributed by atoms with Crippen LogP contribution in [0.15, 0.2) is 42.5 Å². The highest BCUT2D eigenvalue weighted by Crippen LogP contribution is 2.36. The van der Waals surface area contributed by atoms with Crippen LogP contribution in [0.4, 0.5) is 5.69 Å². The molecule has 1 amide bonds. The van der Waals surface area contributed by atoms with E-state index in [-0.39, 0.29) is 11.7 Å². The predicted molar refractivity (Wildman–Crippen MR) is 136 cm³/mol. The molecule has 4 rings (SSSR count). The van der Waals surface area contributed by atoms with E-state index in [1.807, 2.05) is 49.4 Å². The van der Waals surface area contributed by atoms with Crippen molar-refractivity contribution in [2.45, 2.75) is 71.9 Å². The van der Waals surface area contributed by atoms with Crippen molar-refractivity contribution in [1.29, 1.82) is 0 Å². The zero-order valence-corrected chi connectivity index (χ0v) is 20.1. The minimum atomic E-state index is -0.110. The molecule has 1 fully saturated rings. The highest BCUT2D eigenvalue weighted by Gasteiger charge is 2.25. The van der Waals surface area contributed by atoms with Crippen molar-refractivity contribution in [3.05, 3.63) is 59.3 Å². The highest BCUT2D eigenvalue weighted by molar-refractivity contribution is 6.15. The Labute approximate surface area is 197 Å². The summed E-state index contributed by atoms with van der Waals surface area (Å²) in [7, 11) is 0. The van der Waals surface area contributed by atoms with Crippen LogP contribution in [0.2, 0.25) is 0 Å². The van der Waals surface area contributed by atoms with Crippen LogP contribution in [0.1, 0.15) is 73.5 Å². The number of nitrogens with zero attached hydrogens (tertiary/aromatic N) is 2. The molecule has 1 aliphatic heterocycles. The molecule has 0 saturated carbocycles. The van der Waals surface area contributed by atoms with E-state index in [4.69, 9.17) is 0 Å². The number of anilines is 1. The number of likely N-dealkylation sites (tertiary alicyclic amines) is 1.